The Hall–Kier alpha value is -1.80. The lowest BCUT2D eigenvalue weighted by molar-refractivity contribution is 0.176. The summed E-state index contributed by atoms with van der Waals surface area (Å²) in [5.41, 5.74) is 7.35. The summed E-state index contributed by atoms with van der Waals surface area (Å²) in [5, 5.41) is 0. The summed E-state index contributed by atoms with van der Waals surface area (Å²) in [5.74, 6) is 0.289. The van der Waals surface area contributed by atoms with E-state index in [4.69, 9.17) is 20.3 Å². The van der Waals surface area contributed by atoms with E-state index in [1.807, 2.05) is 0 Å². The normalized spacial score (nSPS) is 11.9. The van der Waals surface area contributed by atoms with Gasteiger partial charge in [-0.15, -0.1) is 0 Å². The average molecular weight is 299 g/mol. The van der Waals surface area contributed by atoms with Gasteiger partial charge in [0.05, 0.1) is 12.9 Å². The number of hydrogen-bond donors (Lipinski definition) is 3. The van der Waals surface area contributed by atoms with E-state index in [1.165, 1.54) is 6.33 Å². The molecule has 2 rings (SSSR count). The molecule has 4 N–H and O–H groups in total. The molecule has 0 unspecified atom stereocenters. The van der Waals surface area contributed by atoms with Crippen LogP contribution in [0.2, 0.25) is 0 Å². The monoisotopic (exact) mass is 299 g/mol. The molecule has 0 aromatic carbocycles. The number of fused-ring (bicyclic) bond motifs is 1. The van der Waals surface area contributed by atoms with Crippen molar-refractivity contribution < 1.29 is 19.1 Å². The maximum absolute atomic E-state index is 10.6. The molecule has 0 aliphatic carbocycles. The molecule has 0 radical (unpaired) electrons. The lowest BCUT2D eigenvalue weighted by Crippen LogP contribution is -2.07. The second-order valence-corrected chi connectivity index (χ2v) is 5.78. The van der Waals surface area contributed by atoms with E-state index in [1.54, 1.807) is 10.9 Å². The number of anilines is 1. The van der Waals surface area contributed by atoms with Crippen molar-refractivity contribution in [3.63, 3.8) is 0 Å². The third-order valence-electron chi connectivity index (χ3n) is 2.39. The van der Waals surface area contributed by atoms with Crippen LogP contribution in [-0.2, 0) is 15.8 Å². The zero-order chi connectivity index (χ0) is 14.8. The van der Waals surface area contributed by atoms with Crippen LogP contribution in [0.25, 0.3) is 11.2 Å². The Labute approximate surface area is 114 Å². The van der Waals surface area contributed by atoms with Crippen LogP contribution in [0.1, 0.15) is 0 Å². The van der Waals surface area contributed by atoms with E-state index < -0.39 is 13.9 Å². The minimum Gasteiger partial charge on any atom is -0.382 e. The average Bonchev–Trinajstić information content (AvgIpc) is 2.72. The SMILES string of the molecule is C=C(COCP(=O)(O)O)Cn1cnc2c(N)ncnc21. The molecule has 0 aliphatic rings. The number of rotatable bonds is 6. The molecule has 20 heavy (non-hydrogen) atoms. The number of nitrogen functional groups attached to an aromatic ring is 1. The molecule has 0 atom stereocenters. The molecule has 0 bridgehead atoms. The fourth-order valence-corrected chi connectivity index (χ4v) is 1.94. The molecule has 2 aromatic heterocycles. The zero-order valence-corrected chi connectivity index (χ0v) is 11.4. The van der Waals surface area contributed by atoms with Gasteiger partial charge in [-0.3, -0.25) is 4.57 Å². The highest BCUT2D eigenvalue weighted by atomic mass is 31.2. The molecule has 0 spiro atoms. The third-order valence-corrected chi connectivity index (χ3v) is 2.91. The van der Waals surface area contributed by atoms with Crippen LogP contribution in [-0.4, -0.2) is 42.3 Å². The summed E-state index contributed by atoms with van der Waals surface area (Å²) in [6, 6.07) is 0. The first kappa shape index (κ1) is 14.6. The van der Waals surface area contributed by atoms with Crippen LogP contribution < -0.4 is 5.73 Å². The maximum Gasteiger partial charge on any atom is 0.350 e. The second-order valence-electron chi connectivity index (χ2n) is 4.20. The number of imidazole rings is 1. The first-order chi connectivity index (χ1) is 9.37. The van der Waals surface area contributed by atoms with Crippen molar-refractivity contribution in [3.8, 4) is 0 Å². The molecular weight excluding hydrogens is 285 g/mol. The molecule has 0 fully saturated rings. The van der Waals surface area contributed by atoms with Gasteiger partial charge in [0, 0.05) is 6.54 Å². The van der Waals surface area contributed by atoms with E-state index in [2.05, 4.69) is 21.5 Å². The molecule has 10 heteroatoms. The van der Waals surface area contributed by atoms with Gasteiger partial charge in [0.15, 0.2) is 11.5 Å². The maximum atomic E-state index is 10.6. The summed E-state index contributed by atoms with van der Waals surface area (Å²) >= 11 is 0. The van der Waals surface area contributed by atoms with Gasteiger partial charge in [-0.1, -0.05) is 6.58 Å². The van der Waals surface area contributed by atoms with Crippen LogP contribution in [0.15, 0.2) is 24.8 Å². The molecule has 0 amide bonds. The minimum absolute atomic E-state index is 0.0331. The molecule has 9 nitrogen and oxygen atoms in total. The van der Waals surface area contributed by atoms with Crippen molar-refractivity contribution in [2.45, 2.75) is 6.54 Å². The summed E-state index contributed by atoms with van der Waals surface area (Å²) in [7, 11) is -4.16. The minimum atomic E-state index is -4.16. The van der Waals surface area contributed by atoms with Crippen LogP contribution in [0.3, 0.4) is 0 Å². The Morgan fingerprint density at radius 1 is 1.45 bits per heavy atom. The van der Waals surface area contributed by atoms with E-state index in [-0.39, 0.29) is 12.4 Å². The highest BCUT2D eigenvalue weighted by Crippen LogP contribution is 2.33. The Bertz CT molecular complexity index is 679. The van der Waals surface area contributed by atoms with E-state index in [0.29, 0.717) is 23.3 Å². The van der Waals surface area contributed by atoms with Gasteiger partial charge < -0.3 is 24.8 Å². The van der Waals surface area contributed by atoms with Crippen molar-refractivity contribution in [3.05, 3.63) is 24.8 Å². The van der Waals surface area contributed by atoms with Gasteiger partial charge in [-0.25, -0.2) is 15.0 Å². The number of nitrogens with zero attached hydrogens (tertiary/aromatic N) is 4. The van der Waals surface area contributed by atoms with E-state index in [9.17, 15) is 4.57 Å². The number of ether oxygens (including phenoxy) is 1. The predicted molar refractivity (Wildman–Crippen MR) is 71.7 cm³/mol. The Morgan fingerprint density at radius 2 is 2.20 bits per heavy atom. The fraction of sp³-hybridized carbons (Fsp3) is 0.300. The summed E-state index contributed by atoms with van der Waals surface area (Å²) in [6.45, 7) is 4.17. The summed E-state index contributed by atoms with van der Waals surface area (Å²) in [6.07, 6.45) is 2.25. The van der Waals surface area contributed by atoms with Crippen molar-refractivity contribution in [2.75, 3.05) is 18.7 Å². The second kappa shape index (κ2) is 5.68. The Kier molecular flexibility index (Phi) is 4.15. The standard InChI is InChI=1S/C10H14N5O4P/c1-7(3-19-6-20(16,17)18)2-15-5-14-8-9(11)12-4-13-10(8)15/h4-5H,1-3,6H2,(H2,11,12,13)(H2,16,17,18). The Morgan fingerprint density at radius 3 is 2.90 bits per heavy atom. The molecule has 2 heterocycles. The quantitative estimate of drug-likeness (QED) is 0.505. The molecule has 0 saturated heterocycles. The number of aromatic nitrogens is 4. The van der Waals surface area contributed by atoms with Gasteiger partial charge >= 0.3 is 7.60 Å². The molecule has 108 valence electrons. The van der Waals surface area contributed by atoms with Crippen molar-refractivity contribution in [1.82, 2.24) is 19.5 Å². The summed E-state index contributed by atoms with van der Waals surface area (Å²) in [4.78, 5) is 29.3. The predicted octanol–water partition coefficient (Wildman–Crippen LogP) is 0.116. The molecule has 0 saturated carbocycles. The smallest absolute Gasteiger partial charge is 0.350 e. The molecule has 0 aliphatic heterocycles. The van der Waals surface area contributed by atoms with Gasteiger partial charge in [-0.05, 0) is 5.57 Å². The van der Waals surface area contributed by atoms with E-state index >= 15 is 0 Å². The largest absolute Gasteiger partial charge is 0.382 e. The third kappa shape index (κ3) is 3.61. The topological polar surface area (TPSA) is 136 Å². The first-order valence-electron chi connectivity index (χ1n) is 5.57. The van der Waals surface area contributed by atoms with Crippen LogP contribution >= 0.6 is 7.60 Å². The summed E-state index contributed by atoms with van der Waals surface area (Å²) < 4.78 is 17.2. The van der Waals surface area contributed by atoms with Crippen molar-refractivity contribution >= 4 is 24.6 Å². The van der Waals surface area contributed by atoms with Gasteiger partial charge in [-0.2, -0.15) is 0 Å². The Balaban J connectivity index is 2.00. The van der Waals surface area contributed by atoms with Gasteiger partial charge in [0.2, 0.25) is 0 Å². The lowest BCUT2D eigenvalue weighted by atomic mass is 10.3. The molecule has 2 aromatic rings. The van der Waals surface area contributed by atoms with Crippen LogP contribution in [0.4, 0.5) is 5.82 Å². The van der Waals surface area contributed by atoms with Crippen LogP contribution in [0.5, 0.6) is 0 Å². The fourth-order valence-electron chi connectivity index (χ4n) is 1.61. The van der Waals surface area contributed by atoms with Gasteiger partial charge in [0.25, 0.3) is 0 Å². The zero-order valence-electron chi connectivity index (χ0n) is 10.5. The molecular formula is C10H14N5O4P. The lowest BCUT2D eigenvalue weighted by Gasteiger charge is -2.09. The highest BCUT2D eigenvalue weighted by Gasteiger charge is 2.13. The highest BCUT2D eigenvalue weighted by molar-refractivity contribution is 7.51. The number of nitrogens with two attached hydrogens (primary N) is 1. The van der Waals surface area contributed by atoms with Crippen molar-refractivity contribution in [1.29, 1.82) is 0 Å². The van der Waals surface area contributed by atoms with Gasteiger partial charge in [0.1, 0.15) is 18.2 Å². The first-order valence-corrected chi connectivity index (χ1v) is 7.37. The van der Waals surface area contributed by atoms with Crippen LogP contribution in [0, 0.1) is 0 Å². The van der Waals surface area contributed by atoms with Crippen molar-refractivity contribution in [2.24, 2.45) is 0 Å². The van der Waals surface area contributed by atoms with E-state index in [0.717, 1.165) is 0 Å². The number of hydrogen-bond acceptors (Lipinski definition) is 6.